The number of hydrogen-bond acceptors (Lipinski definition) is 2. The summed E-state index contributed by atoms with van der Waals surface area (Å²) in [4.78, 5) is 10.6. The Hall–Kier alpha value is -1.72. The zero-order valence-corrected chi connectivity index (χ0v) is 9.21. The molecule has 1 unspecified atom stereocenters. The maximum atomic E-state index is 12.3. The average molecular weight is 246 g/mol. The van der Waals surface area contributed by atoms with Gasteiger partial charge in [-0.15, -0.1) is 0 Å². The maximum Gasteiger partial charge on any atom is 0.416 e. The summed E-state index contributed by atoms with van der Waals surface area (Å²) in [7, 11) is 0. The van der Waals surface area contributed by atoms with Crippen molar-refractivity contribution in [3.8, 4) is 0 Å². The number of rotatable bonds is 4. The van der Waals surface area contributed by atoms with Crippen LogP contribution in [0.25, 0.3) is 0 Å². The van der Waals surface area contributed by atoms with Crippen molar-refractivity contribution in [1.29, 1.82) is 0 Å². The van der Waals surface area contributed by atoms with E-state index in [4.69, 9.17) is 5.73 Å². The smallest absolute Gasteiger partial charge is 0.382 e. The van der Waals surface area contributed by atoms with Crippen LogP contribution < -0.4 is 11.1 Å². The standard InChI is InChI=1S/C11H13F3N2O/c1-7(6-10(15)17)16-9-4-2-8(3-5-9)11(12,13)14/h2-5,7,16H,6H2,1H3,(H2,15,17). The molecule has 0 saturated carbocycles. The van der Waals surface area contributed by atoms with E-state index in [-0.39, 0.29) is 12.5 Å². The minimum Gasteiger partial charge on any atom is -0.382 e. The van der Waals surface area contributed by atoms with Crippen LogP contribution in [0.1, 0.15) is 18.9 Å². The second kappa shape index (κ2) is 5.07. The number of nitrogens with one attached hydrogen (secondary N) is 1. The Balaban J connectivity index is 2.66. The molecule has 0 aromatic heterocycles. The van der Waals surface area contributed by atoms with Crippen molar-refractivity contribution in [3.05, 3.63) is 29.8 Å². The van der Waals surface area contributed by atoms with Crippen molar-refractivity contribution < 1.29 is 18.0 Å². The van der Waals surface area contributed by atoms with Crippen molar-refractivity contribution in [1.82, 2.24) is 0 Å². The highest BCUT2D eigenvalue weighted by molar-refractivity contribution is 5.74. The molecule has 0 fully saturated rings. The molecule has 1 aromatic carbocycles. The normalized spacial score (nSPS) is 13.2. The van der Waals surface area contributed by atoms with E-state index in [0.29, 0.717) is 5.69 Å². The Morgan fingerprint density at radius 1 is 1.35 bits per heavy atom. The predicted octanol–water partition coefficient (Wildman–Crippen LogP) is 2.38. The fraction of sp³-hybridized carbons (Fsp3) is 0.364. The van der Waals surface area contributed by atoms with Crippen LogP contribution in [0.5, 0.6) is 0 Å². The summed E-state index contributed by atoms with van der Waals surface area (Å²) in [6, 6.07) is 4.39. The number of carbonyl (C=O) groups is 1. The topological polar surface area (TPSA) is 55.1 Å². The lowest BCUT2D eigenvalue weighted by Crippen LogP contribution is -2.23. The molecule has 1 amide bonds. The SMILES string of the molecule is CC(CC(N)=O)Nc1ccc(C(F)(F)F)cc1. The first kappa shape index (κ1) is 13.3. The lowest BCUT2D eigenvalue weighted by molar-refractivity contribution is -0.137. The Bertz CT molecular complexity index is 387. The molecule has 0 saturated heterocycles. The second-order valence-corrected chi connectivity index (χ2v) is 3.79. The molecule has 1 aromatic rings. The third-order valence-electron chi connectivity index (χ3n) is 2.13. The highest BCUT2D eigenvalue weighted by Gasteiger charge is 2.29. The molecule has 0 aliphatic carbocycles. The van der Waals surface area contributed by atoms with E-state index < -0.39 is 17.6 Å². The van der Waals surface area contributed by atoms with Crippen LogP contribution in [0.4, 0.5) is 18.9 Å². The summed E-state index contributed by atoms with van der Waals surface area (Å²) in [5, 5.41) is 2.88. The predicted molar refractivity (Wildman–Crippen MR) is 58.3 cm³/mol. The average Bonchev–Trinajstić information content (AvgIpc) is 2.15. The molecule has 0 aliphatic heterocycles. The summed E-state index contributed by atoms with van der Waals surface area (Å²) in [5.41, 5.74) is 4.82. The number of carbonyl (C=O) groups excluding carboxylic acids is 1. The fourth-order valence-corrected chi connectivity index (χ4v) is 1.39. The summed E-state index contributed by atoms with van der Waals surface area (Å²) in [5.74, 6) is -0.461. The van der Waals surface area contributed by atoms with Gasteiger partial charge < -0.3 is 11.1 Å². The Kier molecular flexibility index (Phi) is 3.98. The van der Waals surface area contributed by atoms with Crippen LogP contribution in [-0.2, 0) is 11.0 Å². The van der Waals surface area contributed by atoms with Crippen LogP contribution in [0, 0.1) is 0 Å². The van der Waals surface area contributed by atoms with Crippen molar-refractivity contribution in [2.75, 3.05) is 5.32 Å². The van der Waals surface area contributed by atoms with Gasteiger partial charge in [-0.1, -0.05) is 0 Å². The molecular formula is C11H13F3N2O. The first-order chi connectivity index (χ1) is 7.79. The lowest BCUT2D eigenvalue weighted by Gasteiger charge is -2.14. The van der Waals surface area contributed by atoms with E-state index in [2.05, 4.69) is 5.32 Å². The quantitative estimate of drug-likeness (QED) is 0.857. The van der Waals surface area contributed by atoms with Gasteiger partial charge in [0, 0.05) is 18.2 Å². The number of anilines is 1. The third kappa shape index (κ3) is 4.34. The van der Waals surface area contributed by atoms with Crippen LogP contribution in [0.15, 0.2) is 24.3 Å². The highest BCUT2D eigenvalue weighted by atomic mass is 19.4. The van der Waals surface area contributed by atoms with Gasteiger partial charge in [-0.25, -0.2) is 0 Å². The van der Waals surface area contributed by atoms with Crippen LogP contribution in [0.2, 0.25) is 0 Å². The number of alkyl halides is 3. The number of halogens is 3. The van der Waals surface area contributed by atoms with E-state index in [1.54, 1.807) is 6.92 Å². The minimum absolute atomic E-state index is 0.126. The number of hydrogen-bond donors (Lipinski definition) is 2. The Labute approximate surface area is 96.8 Å². The van der Waals surface area contributed by atoms with Gasteiger partial charge in [0.2, 0.25) is 5.91 Å². The second-order valence-electron chi connectivity index (χ2n) is 3.79. The summed E-state index contributed by atoms with van der Waals surface area (Å²) in [6.07, 6.45) is -4.21. The molecule has 0 aliphatic rings. The van der Waals surface area contributed by atoms with Gasteiger partial charge in [0.1, 0.15) is 0 Å². The van der Waals surface area contributed by atoms with Gasteiger partial charge in [-0.2, -0.15) is 13.2 Å². The van der Waals surface area contributed by atoms with Crippen LogP contribution in [-0.4, -0.2) is 11.9 Å². The van der Waals surface area contributed by atoms with Crippen molar-refractivity contribution in [2.45, 2.75) is 25.6 Å². The first-order valence-electron chi connectivity index (χ1n) is 5.01. The number of nitrogens with two attached hydrogens (primary N) is 1. The Morgan fingerprint density at radius 3 is 2.29 bits per heavy atom. The van der Waals surface area contributed by atoms with E-state index in [9.17, 15) is 18.0 Å². The first-order valence-corrected chi connectivity index (χ1v) is 5.01. The molecule has 0 radical (unpaired) electrons. The zero-order chi connectivity index (χ0) is 13.1. The molecule has 0 spiro atoms. The Morgan fingerprint density at radius 2 is 1.88 bits per heavy atom. The molecule has 6 heteroatoms. The summed E-state index contributed by atoms with van der Waals surface area (Å²) < 4.78 is 36.8. The molecule has 94 valence electrons. The van der Waals surface area contributed by atoms with Gasteiger partial charge in [0.05, 0.1) is 5.56 Å². The molecule has 3 N–H and O–H groups in total. The minimum atomic E-state index is -4.34. The van der Waals surface area contributed by atoms with Crippen LogP contribution in [0.3, 0.4) is 0 Å². The van der Waals surface area contributed by atoms with Crippen LogP contribution >= 0.6 is 0 Å². The van der Waals surface area contributed by atoms with E-state index in [1.165, 1.54) is 12.1 Å². The summed E-state index contributed by atoms with van der Waals surface area (Å²) >= 11 is 0. The molecule has 0 bridgehead atoms. The zero-order valence-electron chi connectivity index (χ0n) is 9.21. The molecule has 0 heterocycles. The van der Waals surface area contributed by atoms with Crippen molar-refractivity contribution in [2.24, 2.45) is 5.73 Å². The highest BCUT2D eigenvalue weighted by Crippen LogP contribution is 2.29. The number of amides is 1. The van der Waals surface area contributed by atoms with Gasteiger partial charge in [-0.3, -0.25) is 4.79 Å². The molecule has 1 atom stereocenters. The molecule has 1 rings (SSSR count). The summed E-state index contributed by atoms with van der Waals surface area (Å²) in [6.45, 7) is 1.72. The lowest BCUT2D eigenvalue weighted by atomic mass is 10.1. The van der Waals surface area contributed by atoms with Gasteiger partial charge in [-0.05, 0) is 31.2 Å². The number of benzene rings is 1. The molecule has 3 nitrogen and oxygen atoms in total. The van der Waals surface area contributed by atoms with Crippen molar-refractivity contribution in [3.63, 3.8) is 0 Å². The number of primary amides is 1. The van der Waals surface area contributed by atoms with Gasteiger partial charge in [0.15, 0.2) is 0 Å². The maximum absolute atomic E-state index is 12.3. The third-order valence-corrected chi connectivity index (χ3v) is 2.13. The van der Waals surface area contributed by atoms with Gasteiger partial charge in [0.25, 0.3) is 0 Å². The fourth-order valence-electron chi connectivity index (χ4n) is 1.39. The van der Waals surface area contributed by atoms with Gasteiger partial charge >= 0.3 is 6.18 Å². The molecular weight excluding hydrogens is 233 g/mol. The van der Waals surface area contributed by atoms with Crippen molar-refractivity contribution >= 4 is 11.6 Å². The monoisotopic (exact) mass is 246 g/mol. The van der Waals surface area contributed by atoms with E-state index in [1.807, 2.05) is 0 Å². The molecule has 17 heavy (non-hydrogen) atoms. The van der Waals surface area contributed by atoms with E-state index in [0.717, 1.165) is 12.1 Å². The largest absolute Gasteiger partial charge is 0.416 e. The van der Waals surface area contributed by atoms with E-state index >= 15 is 0 Å².